The Morgan fingerprint density at radius 3 is 2.88 bits per heavy atom. The monoisotopic (exact) mass is 238 g/mol. The summed E-state index contributed by atoms with van der Waals surface area (Å²) >= 11 is 0. The van der Waals surface area contributed by atoms with Gasteiger partial charge in [0.2, 0.25) is 5.91 Å². The van der Waals surface area contributed by atoms with Crippen LogP contribution >= 0.6 is 0 Å². The van der Waals surface area contributed by atoms with Gasteiger partial charge in [-0.3, -0.25) is 9.48 Å². The molecule has 0 aliphatic heterocycles. The first-order valence-corrected chi connectivity index (χ1v) is 6.02. The largest absolute Gasteiger partial charge is 0.353 e. The molecule has 0 spiro atoms. The molecule has 0 aliphatic rings. The third kappa shape index (κ3) is 4.19. The van der Waals surface area contributed by atoms with Crippen molar-refractivity contribution in [3.05, 3.63) is 18.0 Å². The van der Waals surface area contributed by atoms with Gasteiger partial charge in [-0.15, -0.1) is 0 Å². The van der Waals surface area contributed by atoms with E-state index in [4.69, 9.17) is 5.73 Å². The molecule has 1 amide bonds. The number of aromatic nitrogens is 2. The molecule has 0 saturated heterocycles. The smallest absolute Gasteiger partial charge is 0.239 e. The first-order valence-electron chi connectivity index (χ1n) is 6.02. The molecule has 96 valence electrons. The Labute approximate surface area is 102 Å². The van der Waals surface area contributed by atoms with Crippen molar-refractivity contribution in [2.75, 3.05) is 6.54 Å². The summed E-state index contributed by atoms with van der Waals surface area (Å²) in [5.41, 5.74) is 6.27. The molecule has 0 bridgehead atoms. The molecule has 5 nitrogen and oxygen atoms in total. The van der Waals surface area contributed by atoms with Gasteiger partial charge in [0.05, 0.1) is 18.3 Å². The molecule has 1 unspecified atom stereocenters. The van der Waals surface area contributed by atoms with Crippen molar-refractivity contribution in [1.82, 2.24) is 15.1 Å². The second-order valence-corrected chi connectivity index (χ2v) is 4.70. The number of hydrogen-bond donors (Lipinski definition) is 2. The third-order valence-electron chi connectivity index (χ3n) is 2.68. The summed E-state index contributed by atoms with van der Waals surface area (Å²) in [5.74, 6) is -0.0942. The van der Waals surface area contributed by atoms with E-state index in [1.165, 1.54) is 0 Å². The number of nitrogens with one attached hydrogen (secondary N) is 1. The van der Waals surface area contributed by atoms with Crippen molar-refractivity contribution in [1.29, 1.82) is 0 Å². The Balaban J connectivity index is 2.33. The van der Waals surface area contributed by atoms with Crippen LogP contribution in [0.3, 0.4) is 0 Å². The minimum atomic E-state index is -0.769. The molecule has 0 aliphatic carbocycles. The van der Waals surface area contributed by atoms with E-state index in [2.05, 4.69) is 10.4 Å². The van der Waals surface area contributed by atoms with E-state index in [0.717, 1.165) is 12.0 Å². The predicted molar refractivity (Wildman–Crippen MR) is 67.5 cm³/mol. The second kappa shape index (κ2) is 5.82. The van der Waals surface area contributed by atoms with Crippen molar-refractivity contribution in [3.8, 4) is 0 Å². The van der Waals surface area contributed by atoms with Crippen LogP contribution in [0.1, 0.15) is 32.3 Å². The normalized spacial score (nSPS) is 14.4. The number of nitrogens with zero attached hydrogens (tertiary/aromatic N) is 2. The zero-order valence-corrected chi connectivity index (χ0v) is 10.9. The topological polar surface area (TPSA) is 72.9 Å². The fourth-order valence-electron chi connectivity index (χ4n) is 1.71. The van der Waals surface area contributed by atoms with Gasteiger partial charge >= 0.3 is 0 Å². The molecule has 17 heavy (non-hydrogen) atoms. The van der Waals surface area contributed by atoms with Crippen LogP contribution in [0, 0.1) is 6.92 Å². The molecule has 1 aromatic rings. The maximum absolute atomic E-state index is 11.8. The lowest BCUT2D eigenvalue weighted by Gasteiger charge is -2.22. The maximum atomic E-state index is 11.8. The van der Waals surface area contributed by atoms with E-state index in [0.29, 0.717) is 19.5 Å². The molecule has 5 heteroatoms. The highest BCUT2D eigenvalue weighted by Crippen LogP contribution is 2.07. The molecule has 3 N–H and O–H groups in total. The Hall–Kier alpha value is -1.36. The van der Waals surface area contributed by atoms with Crippen LogP contribution in [-0.2, 0) is 11.3 Å². The van der Waals surface area contributed by atoms with Crippen molar-refractivity contribution in [3.63, 3.8) is 0 Å². The standard InChI is InChI=1S/C12H22N4O/c1-4-5-12(3,13)11(17)14-6-7-16-9-10(2)8-15-16/h8-9H,4-7,13H2,1-3H3,(H,14,17). The van der Waals surface area contributed by atoms with Crippen molar-refractivity contribution < 1.29 is 4.79 Å². The van der Waals surface area contributed by atoms with Crippen LogP contribution in [0.4, 0.5) is 0 Å². The van der Waals surface area contributed by atoms with E-state index in [-0.39, 0.29) is 5.91 Å². The molecule has 0 radical (unpaired) electrons. The zero-order chi connectivity index (χ0) is 12.9. The average Bonchev–Trinajstić information content (AvgIpc) is 2.64. The van der Waals surface area contributed by atoms with Crippen LogP contribution < -0.4 is 11.1 Å². The van der Waals surface area contributed by atoms with E-state index in [1.54, 1.807) is 13.1 Å². The molecule has 1 atom stereocenters. The van der Waals surface area contributed by atoms with Crippen molar-refractivity contribution >= 4 is 5.91 Å². The van der Waals surface area contributed by atoms with Gasteiger partial charge < -0.3 is 11.1 Å². The summed E-state index contributed by atoms with van der Waals surface area (Å²) in [7, 11) is 0. The minimum Gasteiger partial charge on any atom is -0.353 e. The summed E-state index contributed by atoms with van der Waals surface area (Å²) in [5, 5.41) is 6.99. The van der Waals surface area contributed by atoms with Gasteiger partial charge in [0.1, 0.15) is 0 Å². The predicted octanol–water partition coefficient (Wildman–Crippen LogP) is 0.825. The lowest BCUT2D eigenvalue weighted by atomic mass is 9.97. The van der Waals surface area contributed by atoms with Gasteiger partial charge in [-0.25, -0.2) is 0 Å². The summed E-state index contributed by atoms with van der Waals surface area (Å²) in [6.45, 7) is 6.99. The van der Waals surface area contributed by atoms with Crippen molar-refractivity contribution in [2.24, 2.45) is 5.73 Å². The Morgan fingerprint density at radius 2 is 2.35 bits per heavy atom. The highest BCUT2D eigenvalue weighted by atomic mass is 16.2. The van der Waals surface area contributed by atoms with Crippen molar-refractivity contribution in [2.45, 2.75) is 45.7 Å². The van der Waals surface area contributed by atoms with Crippen LogP contribution in [0.5, 0.6) is 0 Å². The van der Waals surface area contributed by atoms with Gasteiger partial charge in [-0.05, 0) is 25.8 Å². The average molecular weight is 238 g/mol. The number of rotatable bonds is 6. The van der Waals surface area contributed by atoms with Crippen LogP contribution in [-0.4, -0.2) is 27.8 Å². The summed E-state index contributed by atoms with van der Waals surface area (Å²) in [6.07, 6.45) is 5.34. The number of carbonyl (C=O) groups excluding carboxylic acids is 1. The third-order valence-corrected chi connectivity index (χ3v) is 2.68. The first kappa shape index (κ1) is 13.7. The number of hydrogen-bond acceptors (Lipinski definition) is 3. The maximum Gasteiger partial charge on any atom is 0.239 e. The molecular formula is C12H22N4O. The lowest BCUT2D eigenvalue weighted by molar-refractivity contribution is -0.126. The molecule has 0 aromatic carbocycles. The second-order valence-electron chi connectivity index (χ2n) is 4.70. The SMILES string of the molecule is CCCC(C)(N)C(=O)NCCn1cc(C)cn1. The molecule has 1 heterocycles. The first-order chi connectivity index (χ1) is 7.95. The van der Waals surface area contributed by atoms with E-state index < -0.39 is 5.54 Å². The van der Waals surface area contributed by atoms with Gasteiger partial charge in [0.25, 0.3) is 0 Å². The number of amides is 1. The van der Waals surface area contributed by atoms with Gasteiger partial charge in [0.15, 0.2) is 0 Å². The van der Waals surface area contributed by atoms with E-state index >= 15 is 0 Å². The fourth-order valence-corrected chi connectivity index (χ4v) is 1.71. The van der Waals surface area contributed by atoms with E-state index in [1.807, 2.05) is 24.7 Å². The number of carbonyl (C=O) groups is 1. The fraction of sp³-hybridized carbons (Fsp3) is 0.667. The molecule has 1 rings (SSSR count). The molecule has 0 saturated carbocycles. The summed E-state index contributed by atoms with van der Waals surface area (Å²) in [6, 6.07) is 0. The van der Waals surface area contributed by atoms with Crippen LogP contribution in [0.25, 0.3) is 0 Å². The highest BCUT2D eigenvalue weighted by molar-refractivity contribution is 5.85. The summed E-state index contributed by atoms with van der Waals surface area (Å²) in [4.78, 5) is 11.8. The van der Waals surface area contributed by atoms with Gasteiger partial charge in [-0.1, -0.05) is 13.3 Å². The number of aryl methyl sites for hydroxylation is 1. The highest BCUT2D eigenvalue weighted by Gasteiger charge is 2.26. The lowest BCUT2D eigenvalue weighted by Crippen LogP contribution is -2.52. The van der Waals surface area contributed by atoms with Gasteiger partial charge in [-0.2, -0.15) is 5.10 Å². The van der Waals surface area contributed by atoms with E-state index in [9.17, 15) is 4.79 Å². The Morgan fingerprint density at radius 1 is 1.65 bits per heavy atom. The van der Waals surface area contributed by atoms with Crippen LogP contribution in [0.15, 0.2) is 12.4 Å². The van der Waals surface area contributed by atoms with Crippen LogP contribution in [0.2, 0.25) is 0 Å². The Kier molecular flexibility index (Phi) is 4.69. The molecule has 0 fully saturated rings. The molecule has 1 aromatic heterocycles. The minimum absolute atomic E-state index is 0.0942. The summed E-state index contributed by atoms with van der Waals surface area (Å²) < 4.78 is 1.81. The number of nitrogens with two attached hydrogens (primary N) is 1. The zero-order valence-electron chi connectivity index (χ0n) is 10.9. The quantitative estimate of drug-likeness (QED) is 0.771. The Bertz CT molecular complexity index is 370. The molecular weight excluding hydrogens is 216 g/mol. The van der Waals surface area contributed by atoms with Gasteiger partial charge in [0, 0.05) is 12.7 Å².